The summed E-state index contributed by atoms with van der Waals surface area (Å²) in [6, 6.07) is 12.5. The lowest BCUT2D eigenvalue weighted by Crippen LogP contribution is -2.31. The van der Waals surface area contributed by atoms with Crippen LogP contribution in [0.15, 0.2) is 58.9 Å². The summed E-state index contributed by atoms with van der Waals surface area (Å²) in [5.74, 6) is 2.99. The van der Waals surface area contributed by atoms with Crippen LogP contribution in [0, 0.1) is 0 Å². The lowest BCUT2D eigenvalue weighted by molar-refractivity contribution is -0.113. The first kappa shape index (κ1) is 26.4. The molecule has 10 heteroatoms. The van der Waals surface area contributed by atoms with Crippen molar-refractivity contribution in [2.24, 2.45) is 0 Å². The van der Waals surface area contributed by atoms with Gasteiger partial charge >= 0.3 is 0 Å². The van der Waals surface area contributed by atoms with Gasteiger partial charge in [-0.1, -0.05) is 36.9 Å². The molecule has 0 fully saturated rings. The van der Waals surface area contributed by atoms with Crippen molar-refractivity contribution in [3.05, 3.63) is 59.3 Å². The van der Waals surface area contributed by atoms with Crippen LogP contribution < -0.4 is 24.8 Å². The molecule has 3 aromatic rings. The molecule has 37 heavy (non-hydrogen) atoms. The van der Waals surface area contributed by atoms with E-state index in [0.29, 0.717) is 45.3 Å². The lowest BCUT2D eigenvalue weighted by Gasteiger charge is -2.29. The van der Waals surface area contributed by atoms with E-state index in [-0.39, 0.29) is 12.0 Å². The first-order chi connectivity index (χ1) is 17.9. The van der Waals surface area contributed by atoms with Crippen molar-refractivity contribution in [1.29, 1.82) is 0 Å². The number of ether oxygens (including phenoxy) is 3. The molecule has 1 unspecified atom stereocenters. The smallest absolute Gasteiger partial charge is 0.255 e. The Hall–Kier alpha value is -3.66. The van der Waals surface area contributed by atoms with Crippen LogP contribution >= 0.6 is 11.8 Å². The van der Waals surface area contributed by atoms with Gasteiger partial charge in [0.15, 0.2) is 11.5 Å². The van der Waals surface area contributed by atoms with Crippen molar-refractivity contribution < 1.29 is 19.0 Å². The summed E-state index contributed by atoms with van der Waals surface area (Å²) in [5, 5.41) is 11.7. The fourth-order valence-corrected chi connectivity index (χ4v) is 4.81. The predicted octanol–water partition coefficient (Wildman–Crippen LogP) is 5.51. The number of carbonyl (C=O) groups excluding carboxylic acids is 1. The Bertz CT molecular complexity index is 1300. The Kier molecular flexibility index (Phi) is 8.27. The van der Waals surface area contributed by atoms with Crippen molar-refractivity contribution >= 4 is 29.3 Å². The molecule has 1 aromatic heterocycles. The number of anilines is 2. The second-order valence-corrected chi connectivity index (χ2v) is 9.87. The standard InChI is InChI=1S/C27H33N5O4S/c1-7-14-37-27-30-26-28-17(4)23(25(33)29-19-10-8-9-11-20(19)34-5)24(32(26)31-27)18-12-13-21(36-16(2)3)22(15-18)35-6/h8-13,15-16,24H,7,14H2,1-6H3,(H,29,33)(H,28,30,31). The molecule has 1 aliphatic heterocycles. The Morgan fingerprint density at radius 2 is 1.89 bits per heavy atom. The number of hydrogen-bond acceptors (Lipinski definition) is 8. The number of thioether (sulfide) groups is 1. The number of para-hydroxylation sites is 2. The highest BCUT2D eigenvalue weighted by Gasteiger charge is 2.35. The van der Waals surface area contributed by atoms with Crippen LogP contribution in [0.5, 0.6) is 17.2 Å². The Labute approximate surface area is 221 Å². The van der Waals surface area contributed by atoms with Crippen molar-refractivity contribution in [2.45, 2.75) is 51.4 Å². The van der Waals surface area contributed by atoms with Crippen molar-refractivity contribution in [2.75, 3.05) is 30.6 Å². The van der Waals surface area contributed by atoms with Gasteiger partial charge in [-0.2, -0.15) is 4.98 Å². The van der Waals surface area contributed by atoms with Crippen molar-refractivity contribution in [1.82, 2.24) is 14.8 Å². The van der Waals surface area contributed by atoms with E-state index in [1.54, 1.807) is 42.8 Å². The van der Waals surface area contributed by atoms with Crippen LogP contribution in [0.2, 0.25) is 0 Å². The minimum Gasteiger partial charge on any atom is -0.495 e. The molecule has 0 saturated carbocycles. The Morgan fingerprint density at radius 3 is 2.59 bits per heavy atom. The normalized spacial score (nSPS) is 14.7. The number of fused-ring (bicyclic) bond motifs is 1. The third-order valence-corrected chi connectivity index (χ3v) is 6.78. The summed E-state index contributed by atoms with van der Waals surface area (Å²) >= 11 is 1.58. The number of rotatable bonds is 10. The topological polar surface area (TPSA) is 99.5 Å². The third-order valence-electron chi connectivity index (χ3n) is 5.73. The number of carbonyl (C=O) groups is 1. The molecule has 2 aromatic carbocycles. The monoisotopic (exact) mass is 523 g/mol. The van der Waals surface area contributed by atoms with Gasteiger partial charge in [-0.05, 0) is 57.0 Å². The zero-order chi connectivity index (χ0) is 26.5. The largest absolute Gasteiger partial charge is 0.495 e. The predicted molar refractivity (Wildman–Crippen MR) is 146 cm³/mol. The molecule has 4 rings (SSSR count). The first-order valence-electron chi connectivity index (χ1n) is 12.2. The summed E-state index contributed by atoms with van der Waals surface area (Å²) in [5.41, 5.74) is 2.59. The quantitative estimate of drug-likeness (QED) is 0.336. The van der Waals surface area contributed by atoms with E-state index in [2.05, 4.69) is 22.5 Å². The zero-order valence-corrected chi connectivity index (χ0v) is 22.8. The second-order valence-electron chi connectivity index (χ2n) is 8.81. The highest BCUT2D eigenvalue weighted by atomic mass is 32.2. The Morgan fingerprint density at radius 1 is 1.14 bits per heavy atom. The fraction of sp³-hybridized carbons (Fsp3) is 0.370. The molecule has 1 aliphatic rings. The number of benzene rings is 2. The van der Waals surface area contributed by atoms with Crippen molar-refractivity contribution in [3.63, 3.8) is 0 Å². The van der Waals surface area contributed by atoms with Gasteiger partial charge in [0.25, 0.3) is 5.91 Å². The number of amides is 1. The molecule has 0 saturated heterocycles. The molecule has 0 spiro atoms. The van der Waals surface area contributed by atoms with Gasteiger partial charge in [-0.15, -0.1) is 5.10 Å². The van der Waals surface area contributed by atoms with Crippen LogP contribution in [0.25, 0.3) is 0 Å². The molecule has 0 bridgehead atoms. The summed E-state index contributed by atoms with van der Waals surface area (Å²) in [6.07, 6.45) is 0.993. The highest BCUT2D eigenvalue weighted by molar-refractivity contribution is 7.99. The van der Waals surface area contributed by atoms with Crippen LogP contribution in [-0.4, -0.2) is 46.7 Å². The average Bonchev–Trinajstić information content (AvgIpc) is 3.29. The first-order valence-corrected chi connectivity index (χ1v) is 13.2. The van der Waals surface area contributed by atoms with Gasteiger partial charge in [0.05, 0.1) is 31.6 Å². The zero-order valence-electron chi connectivity index (χ0n) is 22.0. The van der Waals surface area contributed by atoms with Crippen molar-refractivity contribution in [3.8, 4) is 17.2 Å². The van der Waals surface area contributed by atoms with Gasteiger partial charge in [-0.25, -0.2) is 4.68 Å². The Balaban J connectivity index is 1.80. The summed E-state index contributed by atoms with van der Waals surface area (Å²) in [6.45, 7) is 7.91. The molecular formula is C27H33N5O4S. The third kappa shape index (κ3) is 5.69. The van der Waals surface area contributed by atoms with E-state index < -0.39 is 6.04 Å². The summed E-state index contributed by atoms with van der Waals surface area (Å²) < 4.78 is 18.8. The van der Waals surface area contributed by atoms with E-state index in [0.717, 1.165) is 17.7 Å². The van der Waals surface area contributed by atoms with Gasteiger partial charge in [0.2, 0.25) is 11.1 Å². The number of aromatic nitrogens is 3. The molecule has 0 radical (unpaired) electrons. The number of allylic oxidation sites excluding steroid dienone is 1. The van der Waals surface area contributed by atoms with E-state index in [1.807, 2.05) is 51.1 Å². The second kappa shape index (κ2) is 11.6. The van der Waals surface area contributed by atoms with Gasteiger partial charge in [-0.3, -0.25) is 4.79 Å². The number of nitrogens with zero attached hydrogens (tertiary/aromatic N) is 3. The number of nitrogens with one attached hydrogen (secondary N) is 2. The molecule has 0 aliphatic carbocycles. The SMILES string of the molecule is CCCSc1nc2n(n1)C(c1ccc(OC(C)C)c(OC)c1)C(C(=O)Nc1ccccc1OC)=C(C)N2. The molecule has 1 amide bonds. The van der Waals surface area contributed by atoms with Crippen LogP contribution in [-0.2, 0) is 4.79 Å². The lowest BCUT2D eigenvalue weighted by atomic mass is 9.94. The maximum absolute atomic E-state index is 13.8. The maximum Gasteiger partial charge on any atom is 0.255 e. The molecule has 196 valence electrons. The minimum atomic E-state index is -0.545. The van der Waals surface area contributed by atoms with E-state index in [4.69, 9.17) is 19.3 Å². The molecular weight excluding hydrogens is 490 g/mol. The minimum absolute atomic E-state index is 0.0111. The van der Waals surface area contributed by atoms with Crippen LogP contribution in [0.4, 0.5) is 11.6 Å². The van der Waals surface area contributed by atoms with Crippen LogP contribution in [0.3, 0.4) is 0 Å². The highest BCUT2D eigenvalue weighted by Crippen LogP contribution is 2.40. The average molecular weight is 524 g/mol. The van der Waals surface area contributed by atoms with E-state index >= 15 is 0 Å². The molecule has 2 N–H and O–H groups in total. The van der Waals surface area contributed by atoms with Gasteiger partial charge in [0, 0.05) is 11.4 Å². The van der Waals surface area contributed by atoms with Crippen LogP contribution in [0.1, 0.15) is 45.7 Å². The van der Waals surface area contributed by atoms with Gasteiger partial charge in [0.1, 0.15) is 11.8 Å². The van der Waals surface area contributed by atoms with E-state index in [9.17, 15) is 4.79 Å². The number of hydrogen-bond donors (Lipinski definition) is 2. The van der Waals surface area contributed by atoms with Gasteiger partial charge < -0.3 is 24.8 Å². The molecule has 9 nitrogen and oxygen atoms in total. The van der Waals surface area contributed by atoms with E-state index in [1.165, 1.54) is 0 Å². The summed E-state index contributed by atoms with van der Waals surface area (Å²) in [7, 11) is 3.18. The fourth-order valence-electron chi connectivity index (χ4n) is 4.13. The molecule has 1 atom stereocenters. The number of methoxy groups -OCH3 is 2. The maximum atomic E-state index is 13.8. The molecule has 2 heterocycles. The summed E-state index contributed by atoms with van der Waals surface area (Å²) in [4.78, 5) is 18.5.